The molecule has 1 aliphatic heterocycles. The van der Waals surface area contributed by atoms with Crippen LogP contribution >= 0.6 is 0 Å². The first-order valence-corrected chi connectivity index (χ1v) is 7.89. The molecule has 0 aliphatic carbocycles. The number of nitrogens with one attached hydrogen (secondary N) is 2. The molecule has 1 aliphatic rings. The maximum atomic E-state index is 12.4. The van der Waals surface area contributed by atoms with Gasteiger partial charge in [0.15, 0.2) is 0 Å². The number of hydrogen-bond donors (Lipinski definition) is 2. The van der Waals surface area contributed by atoms with Crippen LogP contribution < -0.4 is 10.6 Å². The Balaban J connectivity index is 1.73. The number of amides is 1. The van der Waals surface area contributed by atoms with Gasteiger partial charge in [0.25, 0.3) is 5.91 Å². The highest BCUT2D eigenvalue weighted by Crippen LogP contribution is 2.23. The maximum Gasteiger partial charge on any atom is 0.251 e. The van der Waals surface area contributed by atoms with E-state index >= 15 is 0 Å². The summed E-state index contributed by atoms with van der Waals surface area (Å²) in [6, 6.07) is 16.1. The van der Waals surface area contributed by atoms with E-state index in [1.54, 1.807) is 0 Å². The van der Waals surface area contributed by atoms with Gasteiger partial charge in [-0.15, -0.1) is 0 Å². The molecule has 3 heteroatoms. The highest BCUT2D eigenvalue weighted by atomic mass is 16.1. The van der Waals surface area contributed by atoms with Gasteiger partial charge in [-0.2, -0.15) is 0 Å². The summed E-state index contributed by atoms with van der Waals surface area (Å²) in [5, 5.41) is 6.44. The van der Waals surface area contributed by atoms with Crippen molar-refractivity contribution in [3.8, 4) is 0 Å². The van der Waals surface area contributed by atoms with E-state index in [-0.39, 0.29) is 5.91 Å². The van der Waals surface area contributed by atoms with Gasteiger partial charge in [0.05, 0.1) is 0 Å². The molecule has 0 radical (unpaired) electrons. The fraction of sp³-hybridized carbons (Fsp3) is 0.316. The predicted molar refractivity (Wildman–Crippen MR) is 89.0 cm³/mol. The Morgan fingerprint density at radius 3 is 2.86 bits per heavy atom. The standard InChI is InChI=1S/C19H22N2O/c1-14-12-20-10-9-16-7-8-17(11-18(14)16)19(22)21-13-15-5-3-2-4-6-15/h2-8,11,14,20H,9-10,12-13H2,1H3,(H,21,22)/t14-/m1/s1. The van der Waals surface area contributed by atoms with Crippen molar-refractivity contribution in [1.29, 1.82) is 0 Å². The van der Waals surface area contributed by atoms with E-state index < -0.39 is 0 Å². The topological polar surface area (TPSA) is 41.1 Å². The Morgan fingerprint density at radius 1 is 1.23 bits per heavy atom. The second-order valence-corrected chi connectivity index (χ2v) is 5.94. The Kier molecular flexibility index (Phi) is 4.54. The number of carbonyl (C=O) groups is 1. The van der Waals surface area contributed by atoms with Crippen LogP contribution in [0, 0.1) is 0 Å². The van der Waals surface area contributed by atoms with Crippen molar-refractivity contribution in [2.24, 2.45) is 0 Å². The third-order valence-electron chi connectivity index (χ3n) is 4.26. The van der Waals surface area contributed by atoms with E-state index in [9.17, 15) is 4.79 Å². The van der Waals surface area contributed by atoms with E-state index in [0.29, 0.717) is 12.5 Å². The van der Waals surface area contributed by atoms with Crippen LogP contribution in [0.25, 0.3) is 0 Å². The molecule has 0 saturated heterocycles. The van der Waals surface area contributed by atoms with E-state index in [2.05, 4.69) is 29.7 Å². The van der Waals surface area contributed by atoms with Crippen molar-refractivity contribution < 1.29 is 4.79 Å². The summed E-state index contributed by atoms with van der Waals surface area (Å²) in [4.78, 5) is 12.4. The molecular formula is C19H22N2O. The molecule has 0 spiro atoms. The van der Waals surface area contributed by atoms with E-state index in [1.807, 2.05) is 36.4 Å². The van der Waals surface area contributed by atoms with Crippen LogP contribution in [-0.2, 0) is 13.0 Å². The van der Waals surface area contributed by atoms with Crippen LogP contribution in [0.15, 0.2) is 48.5 Å². The molecule has 0 fully saturated rings. The first-order valence-electron chi connectivity index (χ1n) is 7.89. The van der Waals surface area contributed by atoms with Gasteiger partial charge in [-0.25, -0.2) is 0 Å². The van der Waals surface area contributed by atoms with Crippen molar-refractivity contribution in [2.45, 2.75) is 25.8 Å². The summed E-state index contributed by atoms with van der Waals surface area (Å²) in [6.45, 7) is 4.76. The zero-order valence-electron chi connectivity index (χ0n) is 12.9. The van der Waals surface area contributed by atoms with Crippen LogP contribution in [0.1, 0.15) is 39.9 Å². The number of hydrogen-bond acceptors (Lipinski definition) is 2. The summed E-state index contributed by atoms with van der Waals surface area (Å²) in [5.41, 5.74) is 4.53. The van der Waals surface area contributed by atoms with E-state index in [1.165, 1.54) is 11.1 Å². The van der Waals surface area contributed by atoms with Gasteiger partial charge in [0.1, 0.15) is 0 Å². The van der Waals surface area contributed by atoms with Gasteiger partial charge < -0.3 is 10.6 Å². The lowest BCUT2D eigenvalue weighted by molar-refractivity contribution is 0.0951. The van der Waals surface area contributed by atoms with Crippen molar-refractivity contribution >= 4 is 5.91 Å². The molecule has 1 amide bonds. The van der Waals surface area contributed by atoms with Gasteiger partial charge in [-0.1, -0.05) is 43.3 Å². The molecule has 0 saturated carbocycles. The van der Waals surface area contributed by atoms with Crippen LogP contribution in [0.3, 0.4) is 0 Å². The van der Waals surface area contributed by atoms with Crippen LogP contribution in [0.2, 0.25) is 0 Å². The first kappa shape index (κ1) is 14.8. The van der Waals surface area contributed by atoms with Crippen LogP contribution in [0.5, 0.6) is 0 Å². The average molecular weight is 294 g/mol. The maximum absolute atomic E-state index is 12.4. The normalized spacial score (nSPS) is 17.4. The van der Waals surface area contributed by atoms with Gasteiger partial charge in [0, 0.05) is 18.7 Å². The quantitative estimate of drug-likeness (QED) is 0.914. The predicted octanol–water partition coefficient (Wildman–Crippen LogP) is 2.87. The molecule has 2 aromatic carbocycles. The summed E-state index contributed by atoms with van der Waals surface area (Å²) in [6.07, 6.45) is 1.03. The largest absolute Gasteiger partial charge is 0.348 e. The zero-order valence-corrected chi connectivity index (χ0v) is 12.9. The zero-order chi connectivity index (χ0) is 15.4. The Hall–Kier alpha value is -2.13. The van der Waals surface area contributed by atoms with Gasteiger partial charge in [-0.05, 0) is 47.7 Å². The number of benzene rings is 2. The Labute approximate surface area is 131 Å². The average Bonchev–Trinajstić information content (AvgIpc) is 2.75. The minimum absolute atomic E-state index is 0.00365. The van der Waals surface area contributed by atoms with Crippen molar-refractivity contribution in [1.82, 2.24) is 10.6 Å². The molecule has 1 atom stereocenters. The third-order valence-corrected chi connectivity index (χ3v) is 4.26. The molecule has 0 bridgehead atoms. The molecule has 2 aromatic rings. The van der Waals surface area contributed by atoms with Gasteiger partial charge >= 0.3 is 0 Å². The number of carbonyl (C=O) groups excluding carboxylic acids is 1. The minimum atomic E-state index is -0.00365. The fourth-order valence-corrected chi connectivity index (χ4v) is 2.95. The Bertz CT molecular complexity index is 652. The van der Waals surface area contributed by atoms with Crippen LogP contribution in [-0.4, -0.2) is 19.0 Å². The monoisotopic (exact) mass is 294 g/mol. The highest BCUT2D eigenvalue weighted by molar-refractivity contribution is 5.94. The lowest BCUT2D eigenvalue weighted by Gasteiger charge is -2.14. The molecule has 114 valence electrons. The minimum Gasteiger partial charge on any atom is -0.348 e. The number of fused-ring (bicyclic) bond motifs is 1. The fourth-order valence-electron chi connectivity index (χ4n) is 2.95. The van der Waals surface area contributed by atoms with E-state index in [4.69, 9.17) is 0 Å². The van der Waals surface area contributed by atoms with Crippen molar-refractivity contribution in [2.75, 3.05) is 13.1 Å². The summed E-state index contributed by atoms with van der Waals surface area (Å²) in [5.74, 6) is 0.440. The SMILES string of the molecule is C[C@@H]1CNCCc2ccc(C(=O)NCc3ccccc3)cc21. The second kappa shape index (κ2) is 6.75. The van der Waals surface area contributed by atoms with Gasteiger partial charge in [-0.3, -0.25) is 4.79 Å². The molecule has 2 N–H and O–H groups in total. The summed E-state index contributed by atoms with van der Waals surface area (Å²) < 4.78 is 0. The molecule has 0 aromatic heterocycles. The van der Waals surface area contributed by atoms with Gasteiger partial charge in [0.2, 0.25) is 0 Å². The highest BCUT2D eigenvalue weighted by Gasteiger charge is 2.16. The molecule has 3 nitrogen and oxygen atoms in total. The molecular weight excluding hydrogens is 272 g/mol. The summed E-state index contributed by atoms with van der Waals surface area (Å²) in [7, 11) is 0. The molecule has 22 heavy (non-hydrogen) atoms. The van der Waals surface area contributed by atoms with Crippen LogP contribution in [0.4, 0.5) is 0 Å². The van der Waals surface area contributed by atoms with E-state index in [0.717, 1.165) is 30.6 Å². The second-order valence-electron chi connectivity index (χ2n) is 5.94. The lowest BCUT2D eigenvalue weighted by atomic mass is 9.93. The third kappa shape index (κ3) is 3.37. The van der Waals surface area contributed by atoms with Crippen molar-refractivity contribution in [3.05, 3.63) is 70.8 Å². The smallest absolute Gasteiger partial charge is 0.251 e. The lowest BCUT2D eigenvalue weighted by Crippen LogP contribution is -2.23. The summed E-state index contributed by atoms with van der Waals surface area (Å²) >= 11 is 0. The van der Waals surface area contributed by atoms with Crippen molar-refractivity contribution in [3.63, 3.8) is 0 Å². The molecule has 3 rings (SSSR count). The Morgan fingerprint density at radius 2 is 2.05 bits per heavy atom. The number of rotatable bonds is 3. The molecule has 0 unspecified atom stereocenters. The molecule has 1 heterocycles. The first-order chi connectivity index (χ1) is 10.7.